The second-order valence-electron chi connectivity index (χ2n) is 7.83. The molecule has 1 aromatic heterocycles. The molecule has 6 heteroatoms. The first-order valence-corrected chi connectivity index (χ1v) is 9.91. The van der Waals surface area contributed by atoms with Crippen LogP contribution >= 0.6 is 0 Å². The van der Waals surface area contributed by atoms with Gasteiger partial charge in [0.2, 0.25) is 5.91 Å². The minimum absolute atomic E-state index is 0.270. The summed E-state index contributed by atoms with van der Waals surface area (Å²) in [6.07, 6.45) is 5.94. The summed E-state index contributed by atoms with van der Waals surface area (Å²) in [5.41, 5.74) is 1.32. The van der Waals surface area contributed by atoms with Crippen molar-refractivity contribution in [1.82, 2.24) is 14.9 Å². The average Bonchev–Trinajstić information content (AvgIpc) is 2.63. The van der Waals surface area contributed by atoms with Crippen LogP contribution in [0.25, 0.3) is 0 Å². The molecule has 144 valence electrons. The van der Waals surface area contributed by atoms with E-state index in [2.05, 4.69) is 29.8 Å². The number of hydrogen-bond acceptors (Lipinski definition) is 5. The molecule has 1 spiro atoms. The summed E-state index contributed by atoms with van der Waals surface area (Å²) in [5.74, 6) is 2.31. The number of likely N-dealkylation sites (tertiary alicyclic amines) is 1. The van der Waals surface area contributed by atoms with Crippen molar-refractivity contribution in [2.75, 3.05) is 44.8 Å². The van der Waals surface area contributed by atoms with E-state index in [-0.39, 0.29) is 11.3 Å². The van der Waals surface area contributed by atoms with Gasteiger partial charge in [0.05, 0.1) is 6.61 Å². The number of piperidine rings is 2. The van der Waals surface area contributed by atoms with E-state index in [1.807, 2.05) is 4.90 Å². The third-order valence-corrected chi connectivity index (χ3v) is 5.82. The zero-order chi connectivity index (χ0) is 18.6. The van der Waals surface area contributed by atoms with Crippen LogP contribution in [0.5, 0.6) is 0 Å². The van der Waals surface area contributed by atoms with Crippen LogP contribution in [0.2, 0.25) is 0 Å². The summed E-state index contributed by atoms with van der Waals surface area (Å²) in [6, 6.07) is 2.10. The summed E-state index contributed by atoms with van der Waals surface area (Å²) in [5, 5.41) is 0. The van der Waals surface area contributed by atoms with Gasteiger partial charge in [-0.05, 0) is 38.0 Å². The fourth-order valence-corrected chi connectivity index (χ4v) is 4.24. The van der Waals surface area contributed by atoms with Crippen LogP contribution in [0.1, 0.15) is 50.5 Å². The third kappa shape index (κ3) is 4.34. The van der Waals surface area contributed by atoms with Crippen molar-refractivity contribution >= 4 is 11.7 Å². The maximum atomic E-state index is 12.2. The fraction of sp³-hybridized carbons (Fsp3) is 0.750. The molecule has 3 rings (SSSR count). The Balaban J connectivity index is 1.64. The number of rotatable bonds is 6. The Morgan fingerprint density at radius 2 is 2.00 bits per heavy atom. The Hall–Kier alpha value is -1.69. The molecule has 0 saturated carbocycles. The standard InChI is InChI=1S/C20H32N4O2/c1-4-5-17-21-16(2)14-18(22-17)23-10-8-20(9-11-23)7-6-19(25)24(15-20)12-13-26-3/h14H,4-13,15H2,1-3H3. The molecular weight excluding hydrogens is 328 g/mol. The van der Waals surface area contributed by atoms with Crippen LogP contribution in [0.3, 0.4) is 0 Å². The van der Waals surface area contributed by atoms with Crippen molar-refractivity contribution in [2.24, 2.45) is 5.41 Å². The van der Waals surface area contributed by atoms with Crippen LogP contribution in [-0.2, 0) is 16.0 Å². The van der Waals surface area contributed by atoms with E-state index in [1.54, 1.807) is 7.11 Å². The summed E-state index contributed by atoms with van der Waals surface area (Å²) in [6.45, 7) is 8.45. The van der Waals surface area contributed by atoms with Crippen molar-refractivity contribution in [2.45, 2.75) is 52.4 Å². The van der Waals surface area contributed by atoms with Gasteiger partial charge in [-0.1, -0.05) is 6.92 Å². The highest BCUT2D eigenvalue weighted by atomic mass is 16.5. The molecule has 2 aliphatic heterocycles. The van der Waals surface area contributed by atoms with Crippen molar-refractivity contribution in [3.63, 3.8) is 0 Å². The van der Waals surface area contributed by atoms with E-state index >= 15 is 0 Å². The number of ether oxygens (including phenoxy) is 1. The van der Waals surface area contributed by atoms with E-state index < -0.39 is 0 Å². The second-order valence-corrected chi connectivity index (χ2v) is 7.83. The Bertz CT molecular complexity index is 626. The van der Waals surface area contributed by atoms with E-state index in [9.17, 15) is 4.79 Å². The Labute approximate surface area is 156 Å². The fourth-order valence-electron chi connectivity index (χ4n) is 4.24. The monoisotopic (exact) mass is 360 g/mol. The zero-order valence-corrected chi connectivity index (χ0v) is 16.5. The highest BCUT2D eigenvalue weighted by Crippen LogP contribution is 2.40. The number of aromatic nitrogens is 2. The summed E-state index contributed by atoms with van der Waals surface area (Å²) in [7, 11) is 1.69. The van der Waals surface area contributed by atoms with Gasteiger partial charge >= 0.3 is 0 Å². The number of methoxy groups -OCH3 is 1. The lowest BCUT2D eigenvalue weighted by atomic mass is 9.72. The van der Waals surface area contributed by atoms with Gasteiger partial charge in [0, 0.05) is 57.9 Å². The smallest absolute Gasteiger partial charge is 0.222 e. The SMILES string of the molecule is CCCc1nc(C)cc(N2CCC3(CCC(=O)N(CCOC)C3)CC2)n1. The molecule has 0 bridgehead atoms. The van der Waals surface area contributed by atoms with Gasteiger partial charge in [-0.3, -0.25) is 4.79 Å². The van der Waals surface area contributed by atoms with Crippen LogP contribution in [0.4, 0.5) is 5.82 Å². The molecule has 0 N–H and O–H groups in total. The van der Waals surface area contributed by atoms with Gasteiger partial charge in [0.25, 0.3) is 0 Å². The van der Waals surface area contributed by atoms with Gasteiger partial charge in [-0.15, -0.1) is 0 Å². The van der Waals surface area contributed by atoms with Gasteiger partial charge in [-0.2, -0.15) is 0 Å². The highest BCUT2D eigenvalue weighted by molar-refractivity contribution is 5.77. The molecule has 2 aliphatic rings. The molecule has 3 heterocycles. The number of carbonyl (C=O) groups excluding carboxylic acids is 1. The molecule has 26 heavy (non-hydrogen) atoms. The van der Waals surface area contributed by atoms with Crippen LogP contribution in [-0.4, -0.2) is 60.7 Å². The maximum absolute atomic E-state index is 12.2. The van der Waals surface area contributed by atoms with Crippen LogP contribution in [0.15, 0.2) is 6.07 Å². The highest BCUT2D eigenvalue weighted by Gasteiger charge is 2.41. The lowest BCUT2D eigenvalue weighted by Crippen LogP contribution is -2.52. The molecule has 0 aromatic carbocycles. The maximum Gasteiger partial charge on any atom is 0.222 e. The van der Waals surface area contributed by atoms with Crippen molar-refractivity contribution in [1.29, 1.82) is 0 Å². The topological polar surface area (TPSA) is 58.6 Å². The lowest BCUT2D eigenvalue weighted by molar-refractivity contribution is -0.139. The van der Waals surface area contributed by atoms with Crippen molar-refractivity contribution in [3.8, 4) is 0 Å². The van der Waals surface area contributed by atoms with Gasteiger partial charge in [0.1, 0.15) is 11.6 Å². The Morgan fingerprint density at radius 1 is 1.23 bits per heavy atom. The van der Waals surface area contributed by atoms with Crippen molar-refractivity contribution < 1.29 is 9.53 Å². The lowest BCUT2D eigenvalue weighted by Gasteiger charge is -2.47. The number of carbonyl (C=O) groups is 1. The molecule has 1 amide bonds. The predicted molar refractivity (Wildman–Crippen MR) is 102 cm³/mol. The summed E-state index contributed by atoms with van der Waals surface area (Å²) >= 11 is 0. The van der Waals surface area contributed by atoms with E-state index in [4.69, 9.17) is 9.72 Å². The summed E-state index contributed by atoms with van der Waals surface area (Å²) < 4.78 is 5.17. The Kier molecular flexibility index (Phi) is 6.12. The predicted octanol–water partition coefficient (Wildman–Crippen LogP) is 2.59. The first-order valence-electron chi connectivity index (χ1n) is 9.91. The van der Waals surface area contributed by atoms with Gasteiger partial charge < -0.3 is 14.5 Å². The molecule has 2 fully saturated rings. The number of amides is 1. The van der Waals surface area contributed by atoms with E-state index in [1.165, 1.54) is 0 Å². The molecule has 1 aromatic rings. The van der Waals surface area contributed by atoms with Crippen molar-refractivity contribution in [3.05, 3.63) is 17.6 Å². The van der Waals surface area contributed by atoms with E-state index in [0.717, 1.165) is 69.1 Å². The molecule has 0 atom stereocenters. The second kappa shape index (κ2) is 8.33. The molecular formula is C20H32N4O2. The van der Waals surface area contributed by atoms with Crippen LogP contribution in [0, 0.1) is 12.3 Å². The largest absolute Gasteiger partial charge is 0.383 e. The molecule has 6 nitrogen and oxygen atoms in total. The van der Waals surface area contributed by atoms with Crippen LogP contribution < -0.4 is 4.90 Å². The number of aryl methyl sites for hydroxylation is 2. The third-order valence-electron chi connectivity index (χ3n) is 5.82. The first-order chi connectivity index (χ1) is 12.5. The summed E-state index contributed by atoms with van der Waals surface area (Å²) in [4.78, 5) is 25.9. The minimum atomic E-state index is 0.270. The van der Waals surface area contributed by atoms with E-state index in [0.29, 0.717) is 19.6 Å². The number of nitrogens with zero attached hydrogens (tertiary/aromatic N) is 4. The van der Waals surface area contributed by atoms with Gasteiger partial charge in [0.15, 0.2) is 0 Å². The van der Waals surface area contributed by atoms with Gasteiger partial charge in [-0.25, -0.2) is 9.97 Å². The quantitative estimate of drug-likeness (QED) is 0.780. The Morgan fingerprint density at radius 3 is 2.69 bits per heavy atom. The molecule has 0 aliphatic carbocycles. The first kappa shape index (κ1) is 19.1. The zero-order valence-electron chi connectivity index (χ0n) is 16.5. The average molecular weight is 361 g/mol. The molecule has 2 saturated heterocycles. The normalized spacial score (nSPS) is 20.0. The molecule has 0 unspecified atom stereocenters. The molecule has 0 radical (unpaired) electrons. The number of anilines is 1. The number of hydrogen-bond donors (Lipinski definition) is 0. The minimum Gasteiger partial charge on any atom is -0.383 e.